The van der Waals surface area contributed by atoms with Crippen LogP contribution < -0.4 is 5.32 Å². The lowest BCUT2D eigenvalue weighted by Crippen LogP contribution is -2.65. The van der Waals surface area contributed by atoms with Gasteiger partial charge in [0.2, 0.25) is 0 Å². The maximum Gasteiger partial charge on any atom is 0.127 e. The summed E-state index contributed by atoms with van der Waals surface area (Å²) < 4.78 is 14.8. The highest BCUT2D eigenvalue weighted by molar-refractivity contribution is 9.10. The fourth-order valence-corrected chi connectivity index (χ4v) is 2.86. The minimum absolute atomic E-state index is 0.0320. The minimum Gasteiger partial charge on any atom is -0.309 e. The Morgan fingerprint density at radius 3 is 2.68 bits per heavy atom. The average molecular weight is 329 g/mol. The van der Waals surface area contributed by atoms with Crippen LogP contribution in [-0.4, -0.2) is 29.1 Å². The summed E-state index contributed by atoms with van der Waals surface area (Å²) in [7, 11) is 0. The molecule has 19 heavy (non-hydrogen) atoms. The molecule has 1 aliphatic heterocycles. The third kappa shape index (κ3) is 3.56. The molecule has 2 rings (SSSR count). The van der Waals surface area contributed by atoms with E-state index < -0.39 is 0 Å². The number of nitrogens with zero attached hydrogens (tertiary/aromatic N) is 1. The molecule has 1 saturated heterocycles. The van der Waals surface area contributed by atoms with E-state index in [0.29, 0.717) is 6.54 Å². The predicted octanol–water partition coefficient (Wildman–Crippen LogP) is 3.55. The summed E-state index contributed by atoms with van der Waals surface area (Å²) in [6.07, 6.45) is 0. The second-order valence-corrected chi connectivity index (χ2v) is 7.56. The largest absolute Gasteiger partial charge is 0.309 e. The summed E-state index contributed by atoms with van der Waals surface area (Å²) in [6, 6.07) is 5.14. The van der Waals surface area contributed by atoms with Crippen molar-refractivity contribution in [1.82, 2.24) is 10.2 Å². The van der Waals surface area contributed by atoms with E-state index in [1.165, 1.54) is 6.07 Å². The van der Waals surface area contributed by atoms with Crippen molar-refractivity contribution in [1.29, 1.82) is 0 Å². The molecule has 1 aliphatic rings. The average Bonchev–Trinajstić information content (AvgIpc) is 2.29. The van der Waals surface area contributed by atoms with E-state index >= 15 is 0 Å². The number of rotatable bonds is 2. The van der Waals surface area contributed by atoms with Crippen LogP contribution in [0.5, 0.6) is 0 Å². The van der Waals surface area contributed by atoms with Gasteiger partial charge in [-0.1, -0.05) is 15.9 Å². The molecule has 1 N–H and O–H groups in total. The number of piperazine rings is 1. The van der Waals surface area contributed by atoms with E-state index in [1.807, 2.05) is 6.07 Å². The monoisotopic (exact) mass is 328 g/mol. The van der Waals surface area contributed by atoms with Gasteiger partial charge in [0, 0.05) is 40.7 Å². The van der Waals surface area contributed by atoms with Gasteiger partial charge in [-0.3, -0.25) is 4.90 Å². The van der Waals surface area contributed by atoms with E-state index in [9.17, 15) is 4.39 Å². The predicted molar refractivity (Wildman–Crippen MR) is 80.7 cm³/mol. The van der Waals surface area contributed by atoms with Crippen molar-refractivity contribution in [2.24, 2.45) is 0 Å². The Bertz CT molecular complexity index is 471. The first-order chi connectivity index (χ1) is 8.70. The maximum absolute atomic E-state index is 13.9. The Morgan fingerprint density at radius 1 is 1.32 bits per heavy atom. The summed E-state index contributed by atoms with van der Waals surface area (Å²) in [5.74, 6) is -0.129. The first-order valence-corrected chi connectivity index (χ1v) is 7.43. The zero-order chi connectivity index (χ0) is 14.3. The van der Waals surface area contributed by atoms with Crippen LogP contribution in [0, 0.1) is 5.82 Å². The molecule has 4 heteroatoms. The molecule has 106 valence electrons. The Hall–Kier alpha value is -0.450. The van der Waals surface area contributed by atoms with Crippen LogP contribution in [0.3, 0.4) is 0 Å². The molecule has 1 aromatic rings. The van der Waals surface area contributed by atoms with E-state index in [1.54, 1.807) is 6.07 Å². The number of benzene rings is 1. The van der Waals surface area contributed by atoms with Gasteiger partial charge in [-0.2, -0.15) is 0 Å². The lowest BCUT2D eigenvalue weighted by atomic mass is 9.91. The van der Waals surface area contributed by atoms with Gasteiger partial charge in [0.1, 0.15) is 5.82 Å². The third-order valence-electron chi connectivity index (χ3n) is 3.81. The van der Waals surface area contributed by atoms with E-state index in [-0.39, 0.29) is 16.9 Å². The molecule has 0 spiro atoms. The number of hydrogen-bond donors (Lipinski definition) is 1. The van der Waals surface area contributed by atoms with Crippen LogP contribution in [-0.2, 0) is 6.54 Å². The van der Waals surface area contributed by atoms with Gasteiger partial charge in [-0.25, -0.2) is 4.39 Å². The molecule has 1 fully saturated rings. The van der Waals surface area contributed by atoms with Crippen LogP contribution in [0.4, 0.5) is 4.39 Å². The molecule has 2 nitrogen and oxygen atoms in total. The summed E-state index contributed by atoms with van der Waals surface area (Å²) >= 11 is 3.41. The fourth-order valence-electron chi connectivity index (χ4n) is 2.45. The van der Waals surface area contributed by atoms with Gasteiger partial charge < -0.3 is 5.32 Å². The van der Waals surface area contributed by atoms with Crippen molar-refractivity contribution >= 4 is 15.9 Å². The topological polar surface area (TPSA) is 15.3 Å². The van der Waals surface area contributed by atoms with Gasteiger partial charge in [-0.15, -0.1) is 0 Å². The zero-order valence-corrected chi connectivity index (χ0v) is 13.6. The molecule has 0 amide bonds. The second-order valence-electron chi connectivity index (χ2n) is 6.64. The molecular weight excluding hydrogens is 307 g/mol. The van der Waals surface area contributed by atoms with Crippen LogP contribution in [0.1, 0.15) is 33.3 Å². The first kappa shape index (κ1) is 14.9. The van der Waals surface area contributed by atoms with Gasteiger partial charge in [-0.05, 0) is 45.9 Å². The Kier molecular flexibility index (Phi) is 4.05. The lowest BCUT2D eigenvalue weighted by molar-refractivity contribution is 0.0315. The fraction of sp³-hybridized carbons (Fsp3) is 0.600. The Morgan fingerprint density at radius 2 is 2.00 bits per heavy atom. The molecule has 0 aromatic heterocycles. The number of halogens is 2. The van der Waals surface area contributed by atoms with Gasteiger partial charge >= 0.3 is 0 Å². The summed E-state index contributed by atoms with van der Waals surface area (Å²) in [6.45, 7) is 11.2. The molecule has 0 atom stereocenters. The summed E-state index contributed by atoms with van der Waals surface area (Å²) in [5, 5.41) is 3.55. The van der Waals surface area contributed by atoms with E-state index in [2.05, 4.69) is 53.8 Å². The molecule has 1 heterocycles. The first-order valence-electron chi connectivity index (χ1n) is 6.64. The van der Waals surface area contributed by atoms with Crippen molar-refractivity contribution in [3.63, 3.8) is 0 Å². The quantitative estimate of drug-likeness (QED) is 0.893. The van der Waals surface area contributed by atoms with E-state index in [0.717, 1.165) is 23.1 Å². The molecule has 0 unspecified atom stereocenters. The highest BCUT2D eigenvalue weighted by Crippen LogP contribution is 2.27. The Balaban J connectivity index is 2.22. The molecule has 0 radical (unpaired) electrons. The molecule has 0 bridgehead atoms. The maximum atomic E-state index is 13.9. The molecule has 1 aromatic carbocycles. The van der Waals surface area contributed by atoms with E-state index in [4.69, 9.17) is 0 Å². The van der Waals surface area contributed by atoms with Crippen LogP contribution >= 0.6 is 15.9 Å². The van der Waals surface area contributed by atoms with Gasteiger partial charge in [0.25, 0.3) is 0 Å². The molecular formula is C15H22BrFN2. The zero-order valence-electron chi connectivity index (χ0n) is 12.1. The summed E-state index contributed by atoms with van der Waals surface area (Å²) in [4.78, 5) is 2.36. The smallest absolute Gasteiger partial charge is 0.127 e. The van der Waals surface area contributed by atoms with Crippen molar-refractivity contribution in [3.8, 4) is 0 Å². The van der Waals surface area contributed by atoms with Crippen molar-refractivity contribution < 1.29 is 4.39 Å². The SMILES string of the molecule is CC1(C)CN(Cc2cc(Br)ccc2F)C(C)(C)CN1. The number of hydrogen-bond acceptors (Lipinski definition) is 2. The minimum atomic E-state index is -0.129. The highest BCUT2D eigenvalue weighted by Gasteiger charge is 2.37. The third-order valence-corrected chi connectivity index (χ3v) is 4.30. The Labute approximate surface area is 123 Å². The number of nitrogens with one attached hydrogen (secondary N) is 1. The second kappa shape index (κ2) is 5.15. The van der Waals surface area contributed by atoms with Gasteiger partial charge in [0.15, 0.2) is 0 Å². The van der Waals surface area contributed by atoms with Crippen LogP contribution in [0.15, 0.2) is 22.7 Å². The van der Waals surface area contributed by atoms with Crippen molar-refractivity contribution in [2.75, 3.05) is 13.1 Å². The highest BCUT2D eigenvalue weighted by atomic mass is 79.9. The standard InChI is InChI=1S/C15H22BrFN2/c1-14(2)10-19(15(3,4)9-18-14)8-11-7-12(16)5-6-13(11)17/h5-7,18H,8-10H2,1-4H3. The molecule has 0 saturated carbocycles. The molecule has 0 aliphatic carbocycles. The summed E-state index contributed by atoms with van der Waals surface area (Å²) in [5.41, 5.74) is 0.850. The van der Waals surface area contributed by atoms with Crippen LogP contribution in [0.25, 0.3) is 0 Å². The van der Waals surface area contributed by atoms with Gasteiger partial charge in [0.05, 0.1) is 0 Å². The van der Waals surface area contributed by atoms with Crippen molar-refractivity contribution in [2.45, 2.75) is 45.3 Å². The van der Waals surface area contributed by atoms with Crippen molar-refractivity contribution in [3.05, 3.63) is 34.1 Å². The van der Waals surface area contributed by atoms with Crippen LogP contribution in [0.2, 0.25) is 0 Å². The normalized spacial score (nSPS) is 22.4. The lowest BCUT2D eigenvalue weighted by Gasteiger charge is -2.49.